The highest BCUT2D eigenvalue weighted by Gasteiger charge is 2.02. The number of imidazole rings is 1. The highest BCUT2D eigenvalue weighted by atomic mass is 16.2. The van der Waals surface area contributed by atoms with Crippen molar-refractivity contribution < 1.29 is 4.79 Å². The Labute approximate surface area is 146 Å². The van der Waals surface area contributed by atoms with Gasteiger partial charge in [0.2, 0.25) is 0 Å². The summed E-state index contributed by atoms with van der Waals surface area (Å²) in [6.07, 6.45) is 6.78. The fraction of sp³-hybridized carbons (Fsp3) is 0.211. The van der Waals surface area contributed by atoms with Crippen molar-refractivity contribution in [3.63, 3.8) is 0 Å². The number of amides is 2. The second kappa shape index (κ2) is 8.63. The third kappa shape index (κ3) is 5.17. The van der Waals surface area contributed by atoms with Crippen LogP contribution in [0.5, 0.6) is 0 Å². The summed E-state index contributed by atoms with van der Waals surface area (Å²) in [5, 5.41) is 5.73. The first-order valence-corrected chi connectivity index (χ1v) is 8.31. The van der Waals surface area contributed by atoms with Crippen LogP contribution in [0.25, 0.3) is 5.82 Å². The van der Waals surface area contributed by atoms with Crippen molar-refractivity contribution in [2.75, 3.05) is 13.1 Å². The molecule has 0 radical (unpaired) electrons. The number of carbonyl (C=O) groups excluding carboxylic acids is 1. The van der Waals surface area contributed by atoms with E-state index in [2.05, 4.69) is 32.7 Å². The number of hydrogen-bond donors (Lipinski definition) is 2. The number of carbonyl (C=O) groups is 1. The maximum atomic E-state index is 11.8. The molecule has 0 bridgehead atoms. The summed E-state index contributed by atoms with van der Waals surface area (Å²) in [5.74, 6) is 0.822. The molecule has 2 N–H and O–H groups in total. The molecule has 0 unspecified atom stereocenters. The van der Waals surface area contributed by atoms with E-state index in [9.17, 15) is 4.79 Å². The number of nitrogens with zero attached hydrogens (tertiary/aromatic N) is 3. The second-order valence-electron chi connectivity index (χ2n) is 5.63. The summed E-state index contributed by atoms with van der Waals surface area (Å²) in [6.45, 7) is 1.15. The van der Waals surface area contributed by atoms with Gasteiger partial charge < -0.3 is 10.6 Å². The lowest BCUT2D eigenvalue weighted by molar-refractivity contribution is 0.241. The summed E-state index contributed by atoms with van der Waals surface area (Å²) >= 11 is 0. The third-order valence-electron chi connectivity index (χ3n) is 3.77. The smallest absolute Gasteiger partial charge is 0.314 e. The minimum Gasteiger partial charge on any atom is -0.338 e. The maximum absolute atomic E-state index is 11.8. The van der Waals surface area contributed by atoms with Crippen LogP contribution in [0.1, 0.15) is 11.3 Å². The average molecular weight is 335 g/mol. The van der Waals surface area contributed by atoms with Gasteiger partial charge in [-0.25, -0.2) is 14.8 Å². The van der Waals surface area contributed by atoms with Crippen LogP contribution in [-0.2, 0) is 12.8 Å². The molecule has 0 spiro atoms. The molecule has 0 atom stereocenters. The SMILES string of the molecule is O=C(NCCc1ccccc1)NCCc1cccc(-n2ccnc2)n1. The molecule has 6 heteroatoms. The number of aromatic nitrogens is 3. The van der Waals surface area contributed by atoms with Crippen molar-refractivity contribution in [2.45, 2.75) is 12.8 Å². The molecule has 0 saturated carbocycles. The zero-order chi connectivity index (χ0) is 17.3. The molecule has 3 aromatic rings. The van der Waals surface area contributed by atoms with Gasteiger partial charge in [-0.1, -0.05) is 36.4 Å². The van der Waals surface area contributed by atoms with E-state index in [0.717, 1.165) is 17.9 Å². The van der Waals surface area contributed by atoms with Crippen molar-refractivity contribution in [2.24, 2.45) is 0 Å². The highest BCUT2D eigenvalue weighted by Crippen LogP contribution is 2.05. The van der Waals surface area contributed by atoms with Crippen LogP contribution in [0.4, 0.5) is 4.79 Å². The number of hydrogen-bond acceptors (Lipinski definition) is 3. The minimum absolute atomic E-state index is 0.151. The fourth-order valence-corrected chi connectivity index (χ4v) is 2.48. The predicted molar refractivity (Wildman–Crippen MR) is 96.6 cm³/mol. The Hall–Kier alpha value is -3.15. The van der Waals surface area contributed by atoms with Crippen molar-refractivity contribution >= 4 is 6.03 Å². The lowest BCUT2D eigenvalue weighted by Crippen LogP contribution is -2.37. The summed E-state index contributed by atoms with van der Waals surface area (Å²) < 4.78 is 1.85. The van der Waals surface area contributed by atoms with Gasteiger partial charge in [0.1, 0.15) is 12.1 Å². The number of pyridine rings is 1. The topological polar surface area (TPSA) is 71.8 Å². The molecule has 6 nitrogen and oxygen atoms in total. The Balaban J connectivity index is 1.39. The average Bonchev–Trinajstić information content (AvgIpc) is 3.18. The Morgan fingerprint density at radius 1 is 0.960 bits per heavy atom. The fourth-order valence-electron chi connectivity index (χ4n) is 2.48. The van der Waals surface area contributed by atoms with Gasteiger partial charge >= 0.3 is 6.03 Å². The molecule has 2 aromatic heterocycles. The Morgan fingerprint density at radius 2 is 1.76 bits per heavy atom. The van der Waals surface area contributed by atoms with Crippen LogP contribution in [0.3, 0.4) is 0 Å². The van der Waals surface area contributed by atoms with Crippen molar-refractivity contribution in [1.29, 1.82) is 0 Å². The molecular weight excluding hydrogens is 314 g/mol. The number of benzene rings is 1. The van der Waals surface area contributed by atoms with Crippen LogP contribution in [-0.4, -0.2) is 33.7 Å². The first kappa shape index (κ1) is 16.7. The lowest BCUT2D eigenvalue weighted by atomic mass is 10.1. The van der Waals surface area contributed by atoms with Gasteiger partial charge in [0.25, 0.3) is 0 Å². The maximum Gasteiger partial charge on any atom is 0.314 e. The van der Waals surface area contributed by atoms with Crippen LogP contribution >= 0.6 is 0 Å². The summed E-state index contributed by atoms with van der Waals surface area (Å²) in [4.78, 5) is 20.4. The molecule has 0 saturated heterocycles. The minimum atomic E-state index is -0.151. The van der Waals surface area contributed by atoms with E-state index in [1.807, 2.05) is 47.2 Å². The third-order valence-corrected chi connectivity index (χ3v) is 3.77. The van der Waals surface area contributed by atoms with Gasteiger partial charge in [-0.15, -0.1) is 0 Å². The van der Waals surface area contributed by atoms with Crippen LogP contribution in [0.2, 0.25) is 0 Å². The van der Waals surface area contributed by atoms with Crippen LogP contribution in [0, 0.1) is 0 Å². The van der Waals surface area contributed by atoms with E-state index >= 15 is 0 Å². The Morgan fingerprint density at radius 3 is 2.52 bits per heavy atom. The lowest BCUT2D eigenvalue weighted by Gasteiger charge is -2.08. The zero-order valence-corrected chi connectivity index (χ0v) is 13.9. The highest BCUT2D eigenvalue weighted by molar-refractivity contribution is 5.73. The van der Waals surface area contributed by atoms with Crippen molar-refractivity contribution in [1.82, 2.24) is 25.2 Å². The largest absolute Gasteiger partial charge is 0.338 e. The second-order valence-corrected chi connectivity index (χ2v) is 5.63. The molecule has 2 heterocycles. The molecular formula is C19H21N5O. The van der Waals surface area contributed by atoms with Crippen LogP contribution in [0.15, 0.2) is 67.3 Å². The zero-order valence-electron chi connectivity index (χ0n) is 13.9. The molecule has 3 rings (SSSR count). The Kier molecular flexibility index (Phi) is 5.77. The number of urea groups is 1. The Bertz CT molecular complexity index is 787. The standard InChI is InChI=1S/C19H21N5O/c25-19(21-11-9-16-5-2-1-3-6-16)22-12-10-17-7-4-8-18(23-17)24-14-13-20-15-24/h1-8,13-15H,9-12H2,(H2,21,22,25). The van der Waals surface area contributed by atoms with Gasteiger partial charge in [-0.05, 0) is 24.1 Å². The van der Waals surface area contributed by atoms with Crippen molar-refractivity contribution in [3.05, 3.63) is 78.5 Å². The van der Waals surface area contributed by atoms with E-state index < -0.39 is 0 Å². The molecule has 2 amide bonds. The molecule has 0 fully saturated rings. The molecule has 1 aromatic carbocycles. The van der Waals surface area contributed by atoms with Gasteiger partial charge in [0.05, 0.1) is 0 Å². The van der Waals surface area contributed by atoms with E-state index in [1.54, 1.807) is 12.5 Å². The van der Waals surface area contributed by atoms with E-state index in [1.165, 1.54) is 5.56 Å². The van der Waals surface area contributed by atoms with Crippen molar-refractivity contribution in [3.8, 4) is 5.82 Å². The normalized spacial score (nSPS) is 10.4. The summed E-state index contributed by atoms with van der Waals surface area (Å²) in [5.41, 5.74) is 2.14. The molecule has 128 valence electrons. The van der Waals surface area contributed by atoms with Gasteiger partial charge in [-0.3, -0.25) is 4.57 Å². The molecule has 0 aliphatic rings. The van der Waals surface area contributed by atoms with Gasteiger partial charge in [0.15, 0.2) is 0 Å². The summed E-state index contributed by atoms with van der Waals surface area (Å²) in [6, 6.07) is 15.8. The quantitative estimate of drug-likeness (QED) is 0.696. The van der Waals surface area contributed by atoms with Gasteiger partial charge in [-0.2, -0.15) is 0 Å². The number of rotatable bonds is 7. The molecule has 0 aliphatic carbocycles. The van der Waals surface area contributed by atoms with Gasteiger partial charge in [0, 0.05) is 37.6 Å². The predicted octanol–water partition coefficient (Wildman–Crippen LogP) is 2.35. The monoisotopic (exact) mass is 335 g/mol. The first-order valence-electron chi connectivity index (χ1n) is 8.31. The van der Waals surface area contributed by atoms with E-state index in [-0.39, 0.29) is 6.03 Å². The van der Waals surface area contributed by atoms with E-state index in [0.29, 0.717) is 19.5 Å². The first-order chi connectivity index (χ1) is 12.3. The van der Waals surface area contributed by atoms with Crippen LogP contribution < -0.4 is 10.6 Å². The number of nitrogens with one attached hydrogen (secondary N) is 2. The van der Waals surface area contributed by atoms with E-state index in [4.69, 9.17) is 0 Å². The molecule has 25 heavy (non-hydrogen) atoms. The summed E-state index contributed by atoms with van der Waals surface area (Å²) in [7, 11) is 0. The molecule has 0 aliphatic heterocycles.